The molecule has 0 N–H and O–H groups in total. The van der Waals surface area contributed by atoms with Gasteiger partial charge in [0.2, 0.25) is 0 Å². The van der Waals surface area contributed by atoms with Gasteiger partial charge in [-0.2, -0.15) is 5.26 Å². The van der Waals surface area contributed by atoms with Gasteiger partial charge in [-0.05, 0) is 109 Å². The first-order valence-electron chi connectivity index (χ1n) is 17.9. The van der Waals surface area contributed by atoms with Crippen molar-refractivity contribution in [2.45, 2.75) is 51.4 Å². The first-order valence-corrected chi connectivity index (χ1v) is 17.9. The normalized spacial score (nSPS) is 21.7. The molecule has 5 aromatic carbocycles. The number of hydrogen-bond donors (Lipinski definition) is 0. The molecule has 4 atom stereocenters. The van der Waals surface area contributed by atoms with Crippen molar-refractivity contribution in [3.63, 3.8) is 0 Å². The Morgan fingerprint density at radius 2 is 1.14 bits per heavy atom. The van der Waals surface area contributed by atoms with Gasteiger partial charge in [-0.1, -0.05) is 86.6 Å². The molecule has 7 aromatic rings. The predicted octanol–water partition coefficient (Wildman–Crippen LogP) is 10.9. The topological polar surface area (TPSA) is 67.4 Å². The fraction of sp³-hybridized carbons (Fsp3) is 0.244. The van der Waals surface area contributed by atoms with Crippen LogP contribution in [0.4, 0.5) is 0 Å². The van der Waals surface area contributed by atoms with Gasteiger partial charge in [-0.3, -0.25) is 0 Å². The minimum atomic E-state index is 0.268. The summed E-state index contributed by atoms with van der Waals surface area (Å²) in [6, 6.07) is 44.4. The Morgan fingerprint density at radius 1 is 0.600 bits per heavy atom. The van der Waals surface area contributed by atoms with Gasteiger partial charge in [0, 0.05) is 33.2 Å². The Kier molecular flexibility index (Phi) is 7.35. The molecule has 2 bridgehead atoms. The van der Waals surface area contributed by atoms with Crippen molar-refractivity contribution >= 4 is 21.8 Å². The van der Waals surface area contributed by atoms with Crippen molar-refractivity contribution in [3.8, 4) is 45.9 Å². The highest BCUT2D eigenvalue weighted by Crippen LogP contribution is 2.54. The van der Waals surface area contributed by atoms with Crippen LogP contribution in [0.15, 0.2) is 121 Å². The molecule has 2 heterocycles. The van der Waals surface area contributed by atoms with E-state index in [1.807, 2.05) is 24.3 Å². The molecule has 50 heavy (non-hydrogen) atoms. The summed E-state index contributed by atoms with van der Waals surface area (Å²) in [6.07, 6.45) is 6.59. The number of fused-ring (bicyclic) bond motifs is 5. The molecule has 2 saturated carbocycles. The van der Waals surface area contributed by atoms with Gasteiger partial charge in [-0.15, -0.1) is 0 Å². The number of aromatic nitrogens is 4. The van der Waals surface area contributed by atoms with Crippen LogP contribution in [0, 0.1) is 29.1 Å². The van der Waals surface area contributed by atoms with Crippen LogP contribution in [-0.2, 0) is 5.41 Å². The van der Waals surface area contributed by atoms with E-state index < -0.39 is 0 Å². The van der Waals surface area contributed by atoms with Gasteiger partial charge in [0.05, 0.1) is 22.7 Å². The second-order valence-corrected chi connectivity index (χ2v) is 14.9. The highest BCUT2D eigenvalue weighted by molar-refractivity contribution is 6.09. The summed E-state index contributed by atoms with van der Waals surface area (Å²) in [5.74, 6) is 4.21. The summed E-state index contributed by atoms with van der Waals surface area (Å²) in [5, 5.41) is 11.9. The maximum absolute atomic E-state index is 9.43. The lowest BCUT2D eigenvalue weighted by molar-refractivity contribution is 0.0780. The van der Waals surface area contributed by atoms with Crippen molar-refractivity contribution in [1.82, 2.24) is 19.5 Å². The van der Waals surface area contributed by atoms with Crippen molar-refractivity contribution in [2.75, 3.05) is 0 Å². The van der Waals surface area contributed by atoms with Crippen molar-refractivity contribution in [2.24, 2.45) is 17.8 Å². The van der Waals surface area contributed by atoms with Gasteiger partial charge >= 0.3 is 0 Å². The lowest BCUT2D eigenvalue weighted by Gasteiger charge is -2.50. The third-order valence-electron chi connectivity index (χ3n) is 11.2. The fourth-order valence-electron chi connectivity index (χ4n) is 9.47. The Labute approximate surface area is 293 Å². The third kappa shape index (κ3) is 5.27. The number of para-hydroxylation sites is 2. The molecule has 9 rings (SSSR count). The molecule has 0 amide bonds. The van der Waals surface area contributed by atoms with Gasteiger partial charge in [-0.25, -0.2) is 15.0 Å². The molecule has 0 saturated heterocycles. The molecule has 0 aliphatic heterocycles. The van der Waals surface area contributed by atoms with Crippen LogP contribution in [-0.4, -0.2) is 19.5 Å². The van der Waals surface area contributed by atoms with E-state index in [1.54, 1.807) is 0 Å². The van der Waals surface area contributed by atoms with E-state index in [0.29, 0.717) is 23.0 Å². The second-order valence-electron chi connectivity index (χ2n) is 14.9. The summed E-state index contributed by atoms with van der Waals surface area (Å²) in [5.41, 5.74) is 8.44. The summed E-state index contributed by atoms with van der Waals surface area (Å²) >= 11 is 0. The number of nitrogens with zero attached hydrogens (tertiary/aromatic N) is 5. The molecule has 2 aromatic heterocycles. The molecular weight excluding hydrogens is 611 g/mol. The quantitative estimate of drug-likeness (QED) is 0.186. The van der Waals surface area contributed by atoms with Crippen LogP contribution in [0.2, 0.25) is 0 Å². The largest absolute Gasteiger partial charge is 0.309 e. The maximum Gasteiger partial charge on any atom is 0.164 e. The molecule has 2 aliphatic rings. The van der Waals surface area contributed by atoms with Crippen LogP contribution < -0.4 is 0 Å². The van der Waals surface area contributed by atoms with E-state index in [9.17, 15) is 5.26 Å². The molecular formula is C45H39N5. The molecule has 2 aliphatic carbocycles. The predicted molar refractivity (Wildman–Crippen MR) is 202 cm³/mol. The van der Waals surface area contributed by atoms with E-state index in [0.717, 1.165) is 51.2 Å². The first-order chi connectivity index (χ1) is 24.5. The number of nitriles is 1. The zero-order chi connectivity index (χ0) is 33.8. The molecule has 0 radical (unpaired) electrons. The van der Waals surface area contributed by atoms with E-state index >= 15 is 0 Å². The third-order valence-corrected chi connectivity index (χ3v) is 11.2. The van der Waals surface area contributed by atoms with Crippen LogP contribution in [0.5, 0.6) is 0 Å². The summed E-state index contributed by atoms with van der Waals surface area (Å²) in [7, 11) is 0. The zero-order valence-electron chi connectivity index (χ0n) is 28.6. The average molecular weight is 650 g/mol. The second kappa shape index (κ2) is 12.1. The SMILES string of the molecule is C[C@@H]1CC2C[C@H](C)CC(c3ccc(-c4nc(-c5ccc(C#N)cc5)nc(-c5cccc(-n6c7ccccc7c7ccccc76)c5)n4)cc3)(C2)C1. The standard InChI is InChI=1S/C45H39N5/c1-29-22-32-23-30(2)26-45(25-29,27-32)36-20-18-34(19-21-36)43-47-42(33-16-14-31(28-46)15-17-33)48-44(49-43)35-8-7-9-37(24-35)50-40-12-5-3-10-38(40)39-11-4-6-13-41(39)50/h3-21,24,29-30,32H,22-23,25-27H2,1-2H3/t29-,30+,32?,45?. The number of rotatable bonds is 5. The van der Waals surface area contributed by atoms with E-state index in [-0.39, 0.29) is 5.41 Å². The van der Waals surface area contributed by atoms with Crippen molar-refractivity contribution < 1.29 is 0 Å². The van der Waals surface area contributed by atoms with E-state index in [2.05, 4.69) is 122 Å². The molecule has 2 fully saturated rings. The number of hydrogen-bond acceptors (Lipinski definition) is 4. The first kappa shape index (κ1) is 30.5. The van der Waals surface area contributed by atoms with Crippen LogP contribution >= 0.6 is 0 Å². The van der Waals surface area contributed by atoms with E-state index in [4.69, 9.17) is 15.0 Å². The highest BCUT2D eigenvalue weighted by Gasteiger charge is 2.45. The zero-order valence-corrected chi connectivity index (χ0v) is 28.6. The van der Waals surface area contributed by atoms with Gasteiger partial charge < -0.3 is 4.57 Å². The van der Waals surface area contributed by atoms with Crippen molar-refractivity contribution in [1.29, 1.82) is 5.26 Å². The minimum Gasteiger partial charge on any atom is -0.309 e. The monoisotopic (exact) mass is 649 g/mol. The maximum atomic E-state index is 9.43. The Hall–Kier alpha value is -5.60. The number of benzene rings is 5. The highest BCUT2D eigenvalue weighted by atomic mass is 15.0. The summed E-state index contributed by atoms with van der Waals surface area (Å²) in [6.45, 7) is 4.89. The van der Waals surface area contributed by atoms with Gasteiger partial charge in [0.25, 0.3) is 0 Å². The molecule has 2 unspecified atom stereocenters. The average Bonchev–Trinajstić information content (AvgIpc) is 3.49. The van der Waals surface area contributed by atoms with Crippen LogP contribution in [0.25, 0.3) is 61.7 Å². The Balaban J connectivity index is 1.16. The van der Waals surface area contributed by atoms with Crippen molar-refractivity contribution in [3.05, 3.63) is 132 Å². The van der Waals surface area contributed by atoms with Crippen LogP contribution in [0.3, 0.4) is 0 Å². The molecule has 5 heteroatoms. The molecule has 5 nitrogen and oxygen atoms in total. The summed E-state index contributed by atoms with van der Waals surface area (Å²) < 4.78 is 2.32. The lowest BCUT2D eigenvalue weighted by Crippen LogP contribution is -2.42. The Bertz CT molecular complexity index is 2340. The molecule has 244 valence electrons. The fourth-order valence-corrected chi connectivity index (χ4v) is 9.47. The summed E-state index contributed by atoms with van der Waals surface area (Å²) in [4.78, 5) is 15.2. The van der Waals surface area contributed by atoms with E-state index in [1.165, 1.54) is 48.4 Å². The van der Waals surface area contributed by atoms with Crippen LogP contribution in [0.1, 0.15) is 57.1 Å². The smallest absolute Gasteiger partial charge is 0.164 e. The molecule has 0 spiro atoms. The van der Waals surface area contributed by atoms with Gasteiger partial charge in [0.1, 0.15) is 0 Å². The lowest BCUT2D eigenvalue weighted by atomic mass is 9.54. The minimum absolute atomic E-state index is 0.268. The Morgan fingerprint density at radius 3 is 1.72 bits per heavy atom. The van der Waals surface area contributed by atoms with Gasteiger partial charge in [0.15, 0.2) is 17.5 Å².